The van der Waals surface area contributed by atoms with Crippen molar-refractivity contribution in [2.75, 3.05) is 17.7 Å². The van der Waals surface area contributed by atoms with Crippen LogP contribution in [-0.2, 0) is 16.0 Å². The van der Waals surface area contributed by atoms with Crippen molar-refractivity contribution in [3.05, 3.63) is 53.1 Å². The van der Waals surface area contributed by atoms with Gasteiger partial charge in [-0.3, -0.25) is 4.79 Å². The van der Waals surface area contributed by atoms with E-state index in [1.165, 1.54) is 6.07 Å². The molecule has 0 spiro atoms. The number of ether oxygens (including phenoxy) is 1. The molecule has 0 heterocycles. The first kappa shape index (κ1) is 16.5. The molecule has 0 unspecified atom stereocenters. The van der Waals surface area contributed by atoms with Gasteiger partial charge in [0, 0.05) is 11.4 Å². The third-order valence-electron chi connectivity index (χ3n) is 2.96. The molecule has 2 rings (SSSR count). The van der Waals surface area contributed by atoms with Gasteiger partial charge in [-0.1, -0.05) is 35.9 Å². The molecule has 4 nitrogen and oxygen atoms in total. The maximum atomic E-state index is 11.8. The Morgan fingerprint density at radius 1 is 1.23 bits per heavy atom. The average Bonchev–Trinajstić information content (AvgIpc) is 2.50. The number of para-hydroxylation sites is 2. The van der Waals surface area contributed by atoms with Crippen molar-refractivity contribution in [3.63, 3.8) is 0 Å². The van der Waals surface area contributed by atoms with Crippen LogP contribution in [0.3, 0.4) is 0 Å². The van der Waals surface area contributed by atoms with Crippen molar-refractivity contribution in [3.8, 4) is 5.75 Å². The van der Waals surface area contributed by atoms with E-state index in [1.807, 2.05) is 24.3 Å². The summed E-state index contributed by atoms with van der Waals surface area (Å²) in [5.41, 5.74) is 1.85. The van der Waals surface area contributed by atoms with Crippen LogP contribution in [0.15, 0.2) is 42.5 Å². The zero-order chi connectivity index (χ0) is 15.9. The van der Waals surface area contributed by atoms with E-state index in [0.29, 0.717) is 22.2 Å². The van der Waals surface area contributed by atoms with Gasteiger partial charge in [-0.2, -0.15) is 12.6 Å². The minimum Gasteiger partial charge on any atom is -0.506 e. The SMILES string of the molecule is O=C(Cc1ccccc1Nc1c(O)cccc1Cl)OCCS. The minimum absolute atomic E-state index is 0.0416. The van der Waals surface area contributed by atoms with Crippen LogP contribution >= 0.6 is 24.2 Å². The number of benzene rings is 2. The molecule has 0 amide bonds. The summed E-state index contributed by atoms with van der Waals surface area (Å²) < 4.78 is 5.03. The summed E-state index contributed by atoms with van der Waals surface area (Å²) in [6.07, 6.45) is 0.127. The number of phenols is 1. The minimum atomic E-state index is -0.327. The molecule has 2 aromatic rings. The molecule has 0 saturated carbocycles. The van der Waals surface area contributed by atoms with E-state index in [9.17, 15) is 9.90 Å². The predicted octanol–water partition coefficient (Wildman–Crippen LogP) is 3.80. The fourth-order valence-corrected chi connectivity index (χ4v) is 2.24. The highest BCUT2D eigenvalue weighted by molar-refractivity contribution is 7.80. The number of halogens is 1. The monoisotopic (exact) mass is 337 g/mol. The van der Waals surface area contributed by atoms with Crippen LogP contribution in [-0.4, -0.2) is 23.4 Å². The molecule has 0 bridgehead atoms. The Hall–Kier alpha value is -1.85. The van der Waals surface area contributed by atoms with Crippen LogP contribution in [0.1, 0.15) is 5.56 Å². The van der Waals surface area contributed by atoms with Crippen LogP contribution in [0.4, 0.5) is 11.4 Å². The molecule has 0 fully saturated rings. The number of hydrogen-bond acceptors (Lipinski definition) is 5. The van der Waals surface area contributed by atoms with E-state index in [0.717, 1.165) is 5.56 Å². The van der Waals surface area contributed by atoms with Crippen LogP contribution < -0.4 is 5.32 Å². The highest BCUT2D eigenvalue weighted by atomic mass is 35.5. The van der Waals surface area contributed by atoms with Gasteiger partial charge in [0.2, 0.25) is 0 Å². The molecular weight excluding hydrogens is 322 g/mol. The molecule has 2 N–H and O–H groups in total. The van der Waals surface area contributed by atoms with E-state index >= 15 is 0 Å². The molecule has 2 aromatic carbocycles. The lowest BCUT2D eigenvalue weighted by Crippen LogP contribution is -2.11. The van der Waals surface area contributed by atoms with Gasteiger partial charge in [0.15, 0.2) is 0 Å². The largest absolute Gasteiger partial charge is 0.506 e. The van der Waals surface area contributed by atoms with Gasteiger partial charge in [-0.05, 0) is 23.8 Å². The molecule has 116 valence electrons. The summed E-state index contributed by atoms with van der Waals surface area (Å²) in [6.45, 7) is 0.281. The standard InChI is InChI=1S/C16H16ClNO3S/c17-12-5-3-7-14(19)16(12)18-13-6-2-1-4-11(13)10-15(20)21-8-9-22/h1-7,18-19,22H,8-10H2. The Balaban J connectivity index is 2.20. The summed E-state index contributed by atoms with van der Waals surface area (Å²) >= 11 is 10.1. The summed E-state index contributed by atoms with van der Waals surface area (Å²) in [5, 5.41) is 13.4. The topological polar surface area (TPSA) is 58.6 Å². The van der Waals surface area contributed by atoms with E-state index in [-0.39, 0.29) is 24.7 Å². The molecule has 0 atom stereocenters. The number of rotatable bonds is 6. The predicted molar refractivity (Wildman–Crippen MR) is 91.4 cm³/mol. The van der Waals surface area contributed by atoms with Gasteiger partial charge in [0.25, 0.3) is 0 Å². The van der Waals surface area contributed by atoms with Crippen molar-refractivity contribution in [2.45, 2.75) is 6.42 Å². The van der Waals surface area contributed by atoms with Crippen molar-refractivity contribution >= 4 is 41.6 Å². The third kappa shape index (κ3) is 4.32. The molecule has 22 heavy (non-hydrogen) atoms. The normalized spacial score (nSPS) is 10.3. The zero-order valence-electron chi connectivity index (χ0n) is 11.8. The maximum absolute atomic E-state index is 11.8. The van der Waals surface area contributed by atoms with E-state index < -0.39 is 0 Å². The number of anilines is 2. The summed E-state index contributed by atoms with van der Waals surface area (Å²) in [4.78, 5) is 11.8. The van der Waals surface area contributed by atoms with Crippen LogP contribution in [0.25, 0.3) is 0 Å². The molecule has 0 aliphatic heterocycles. The molecule has 0 saturated heterocycles. The molecular formula is C16H16ClNO3S. The van der Waals surface area contributed by atoms with Crippen LogP contribution in [0.2, 0.25) is 5.02 Å². The van der Waals surface area contributed by atoms with E-state index in [1.54, 1.807) is 12.1 Å². The Bertz CT molecular complexity index is 643. The molecule has 0 aromatic heterocycles. The highest BCUT2D eigenvalue weighted by Gasteiger charge is 2.12. The lowest BCUT2D eigenvalue weighted by atomic mass is 10.1. The molecule has 6 heteroatoms. The van der Waals surface area contributed by atoms with Gasteiger partial charge in [0.1, 0.15) is 12.4 Å². The number of hydrogen-bond donors (Lipinski definition) is 3. The number of aromatic hydroxyl groups is 1. The van der Waals surface area contributed by atoms with E-state index in [4.69, 9.17) is 16.3 Å². The third-order valence-corrected chi connectivity index (χ3v) is 3.46. The number of carbonyl (C=O) groups excluding carboxylic acids is 1. The highest BCUT2D eigenvalue weighted by Crippen LogP contribution is 2.34. The summed E-state index contributed by atoms with van der Waals surface area (Å²) in [7, 11) is 0. The Kier molecular flexibility index (Phi) is 5.98. The Morgan fingerprint density at radius 2 is 2.00 bits per heavy atom. The molecule has 0 radical (unpaired) electrons. The Morgan fingerprint density at radius 3 is 2.73 bits per heavy atom. The maximum Gasteiger partial charge on any atom is 0.310 e. The number of esters is 1. The van der Waals surface area contributed by atoms with Crippen LogP contribution in [0.5, 0.6) is 5.75 Å². The number of carbonyl (C=O) groups is 1. The smallest absolute Gasteiger partial charge is 0.310 e. The first-order valence-corrected chi connectivity index (χ1v) is 7.71. The van der Waals surface area contributed by atoms with Gasteiger partial charge in [-0.25, -0.2) is 0 Å². The van der Waals surface area contributed by atoms with Crippen LogP contribution in [0, 0.1) is 0 Å². The first-order valence-electron chi connectivity index (χ1n) is 6.70. The summed E-state index contributed by atoms with van der Waals surface area (Å²) in [5.74, 6) is 0.200. The fraction of sp³-hybridized carbons (Fsp3) is 0.188. The lowest BCUT2D eigenvalue weighted by molar-refractivity contribution is -0.142. The zero-order valence-corrected chi connectivity index (χ0v) is 13.4. The first-order chi connectivity index (χ1) is 10.6. The quantitative estimate of drug-likeness (QED) is 0.426. The van der Waals surface area contributed by atoms with Gasteiger partial charge in [-0.15, -0.1) is 0 Å². The van der Waals surface area contributed by atoms with Crippen molar-refractivity contribution in [2.24, 2.45) is 0 Å². The Labute approximate surface area is 139 Å². The van der Waals surface area contributed by atoms with E-state index in [2.05, 4.69) is 17.9 Å². The second-order valence-electron chi connectivity index (χ2n) is 4.54. The molecule has 0 aliphatic carbocycles. The second kappa shape index (κ2) is 7.96. The van der Waals surface area contributed by atoms with Crippen molar-refractivity contribution in [1.82, 2.24) is 0 Å². The van der Waals surface area contributed by atoms with Crippen molar-refractivity contribution < 1.29 is 14.6 Å². The second-order valence-corrected chi connectivity index (χ2v) is 5.39. The number of phenolic OH excluding ortho intramolecular Hbond substituents is 1. The number of thiol groups is 1. The van der Waals surface area contributed by atoms with Gasteiger partial charge in [0.05, 0.1) is 17.1 Å². The molecule has 0 aliphatic rings. The van der Waals surface area contributed by atoms with Gasteiger partial charge < -0.3 is 15.2 Å². The van der Waals surface area contributed by atoms with Crippen molar-refractivity contribution in [1.29, 1.82) is 0 Å². The fourth-order valence-electron chi connectivity index (χ4n) is 1.93. The average molecular weight is 338 g/mol. The lowest BCUT2D eigenvalue weighted by Gasteiger charge is -2.14. The number of nitrogens with one attached hydrogen (secondary N) is 1. The van der Waals surface area contributed by atoms with Gasteiger partial charge >= 0.3 is 5.97 Å². The summed E-state index contributed by atoms with van der Waals surface area (Å²) in [6, 6.07) is 12.2.